The highest BCUT2D eigenvalue weighted by atomic mass is 32.1. The Bertz CT molecular complexity index is 1330. The van der Waals surface area contributed by atoms with Crippen molar-refractivity contribution in [3.05, 3.63) is 77.3 Å². The van der Waals surface area contributed by atoms with Crippen LogP contribution in [0, 0.1) is 0 Å². The van der Waals surface area contributed by atoms with E-state index in [-0.39, 0.29) is 5.91 Å². The van der Waals surface area contributed by atoms with E-state index in [0.717, 1.165) is 31.7 Å². The van der Waals surface area contributed by atoms with Crippen molar-refractivity contribution in [2.75, 3.05) is 11.9 Å². The maximum absolute atomic E-state index is 13.2. The van der Waals surface area contributed by atoms with Crippen LogP contribution < -0.4 is 10.1 Å². The predicted octanol–water partition coefficient (Wildman–Crippen LogP) is 6.01. The Balaban J connectivity index is 1.45. The van der Waals surface area contributed by atoms with E-state index in [2.05, 4.69) is 38.4 Å². The highest BCUT2D eigenvalue weighted by molar-refractivity contribution is 7.22. The number of thiazole rings is 1. The first-order valence-corrected chi connectivity index (χ1v) is 11.4. The maximum Gasteiger partial charge on any atom is 0.274 e. The van der Waals surface area contributed by atoms with E-state index < -0.39 is 0 Å². The number of thiophene rings is 1. The number of benzene rings is 2. The van der Waals surface area contributed by atoms with Gasteiger partial charge in [-0.05, 0) is 48.2 Å². The van der Waals surface area contributed by atoms with Crippen LogP contribution in [0.1, 0.15) is 23.0 Å². The van der Waals surface area contributed by atoms with Gasteiger partial charge < -0.3 is 9.30 Å². The van der Waals surface area contributed by atoms with Gasteiger partial charge in [0.25, 0.3) is 5.91 Å². The monoisotopic (exact) mass is 433 g/mol. The molecule has 0 saturated carbocycles. The van der Waals surface area contributed by atoms with E-state index in [9.17, 15) is 4.79 Å². The number of anilines is 1. The summed E-state index contributed by atoms with van der Waals surface area (Å²) in [6.07, 6.45) is 0. The average molecular weight is 434 g/mol. The van der Waals surface area contributed by atoms with Crippen LogP contribution in [-0.2, 0) is 6.54 Å². The molecule has 1 N–H and O–H groups in total. The molecule has 5 nitrogen and oxygen atoms in total. The van der Waals surface area contributed by atoms with Gasteiger partial charge in [0.2, 0.25) is 0 Å². The van der Waals surface area contributed by atoms with Crippen molar-refractivity contribution in [2.24, 2.45) is 0 Å². The Kier molecular flexibility index (Phi) is 4.98. The first-order valence-electron chi connectivity index (χ1n) is 9.66. The highest BCUT2D eigenvalue weighted by Gasteiger charge is 2.18. The lowest BCUT2D eigenvalue weighted by Gasteiger charge is -2.10. The molecule has 0 aliphatic rings. The van der Waals surface area contributed by atoms with Crippen molar-refractivity contribution in [3.63, 3.8) is 0 Å². The molecule has 0 fully saturated rings. The molecule has 0 unspecified atom stereocenters. The van der Waals surface area contributed by atoms with Gasteiger partial charge in [0.15, 0.2) is 5.13 Å². The van der Waals surface area contributed by atoms with Crippen LogP contribution in [0.2, 0.25) is 0 Å². The van der Waals surface area contributed by atoms with Crippen LogP contribution in [0.15, 0.2) is 66.0 Å². The number of hydrogen-bond donors (Lipinski definition) is 1. The van der Waals surface area contributed by atoms with Crippen LogP contribution >= 0.6 is 22.7 Å². The van der Waals surface area contributed by atoms with E-state index in [1.807, 2.05) is 49.4 Å². The average Bonchev–Trinajstić information content (AvgIpc) is 3.44. The molecule has 7 heteroatoms. The smallest absolute Gasteiger partial charge is 0.274 e. The maximum atomic E-state index is 13.2. The quantitative estimate of drug-likeness (QED) is 0.357. The molecular weight excluding hydrogens is 414 g/mol. The van der Waals surface area contributed by atoms with E-state index in [1.54, 1.807) is 11.3 Å². The predicted molar refractivity (Wildman–Crippen MR) is 124 cm³/mol. The van der Waals surface area contributed by atoms with Crippen LogP contribution in [0.25, 0.3) is 20.4 Å². The molecule has 5 rings (SSSR count). The molecule has 0 aliphatic heterocycles. The summed E-state index contributed by atoms with van der Waals surface area (Å²) >= 11 is 3.09. The van der Waals surface area contributed by atoms with Crippen LogP contribution in [0.3, 0.4) is 0 Å². The Morgan fingerprint density at radius 2 is 1.97 bits per heavy atom. The zero-order valence-corrected chi connectivity index (χ0v) is 17.9. The zero-order valence-electron chi connectivity index (χ0n) is 16.3. The fraction of sp³-hybridized carbons (Fsp3) is 0.130. The van der Waals surface area contributed by atoms with Gasteiger partial charge in [-0.25, -0.2) is 4.98 Å². The van der Waals surface area contributed by atoms with Gasteiger partial charge in [0.05, 0.1) is 27.0 Å². The molecule has 1 amide bonds. The number of hydrogen-bond acceptors (Lipinski definition) is 5. The Hall–Kier alpha value is -3.16. The molecule has 0 spiro atoms. The molecule has 3 aromatic heterocycles. The van der Waals surface area contributed by atoms with Crippen molar-refractivity contribution < 1.29 is 9.53 Å². The van der Waals surface area contributed by atoms with Crippen LogP contribution in [0.4, 0.5) is 5.13 Å². The molecule has 150 valence electrons. The van der Waals surface area contributed by atoms with Gasteiger partial charge in [0, 0.05) is 6.54 Å². The topological polar surface area (TPSA) is 56.1 Å². The Morgan fingerprint density at radius 3 is 2.80 bits per heavy atom. The summed E-state index contributed by atoms with van der Waals surface area (Å²) in [4.78, 5) is 17.7. The highest BCUT2D eigenvalue weighted by Crippen LogP contribution is 2.31. The third-order valence-corrected chi connectivity index (χ3v) is 6.62. The van der Waals surface area contributed by atoms with Gasteiger partial charge in [-0.15, -0.1) is 11.3 Å². The lowest BCUT2D eigenvalue weighted by atomic mass is 10.2. The first kappa shape index (κ1) is 18.8. The molecule has 30 heavy (non-hydrogen) atoms. The van der Waals surface area contributed by atoms with Gasteiger partial charge in [0.1, 0.15) is 11.4 Å². The molecule has 0 aliphatic carbocycles. The van der Waals surface area contributed by atoms with Gasteiger partial charge >= 0.3 is 0 Å². The van der Waals surface area contributed by atoms with E-state index in [0.29, 0.717) is 24.0 Å². The molecule has 0 saturated heterocycles. The summed E-state index contributed by atoms with van der Waals surface area (Å²) < 4.78 is 9.71. The number of aromatic nitrogens is 2. The number of amides is 1. The fourth-order valence-corrected chi connectivity index (χ4v) is 5.19. The molecule has 2 aromatic carbocycles. The number of nitrogens with one attached hydrogen (secondary N) is 1. The van der Waals surface area contributed by atoms with Crippen molar-refractivity contribution >= 4 is 54.1 Å². The zero-order chi connectivity index (χ0) is 20.5. The van der Waals surface area contributed by atoms with Crippen molar-refractivity contribution in [2.45, 2.75) is 13.5 Å². The first-order chi connectivity index (χ1) is 14.7. The van der Waals surface area contributed by atoms with Gasteiger partial charge in [-0.3, -0.25) is 10.1 Å². The minimum Gasteiger partial charge on any atom is -0.494 e. The van der Waals surface area contributed by atoms with Crippen LogP contribution in [-0.4, -0.2) is 22.1 Å². The largest absolute Gasteiger partial charge is 0.494 e. The second-order valence-corrected chi connectivity index (χ2v) is 8.79. The standard InChI is InChI=1S/C23H19N3O2S2/c1-2-28-16-8-9-17-20(12-16)30-23(24-17)25-22(27)19-13-21-18(10-11-29-21)26(19)14-15-6-4-3-5-7-15/h3-13H,2,14H2,1H3,(H,24,25,27). The molecule has 0 bridgehead atoms. The summed E-state index contributed by atoms with van der Waals surface area (Å²) in [7, 11) is 0. The van der Waals surface area contributed by atoms with E-state index in [4.69, 9.17) is 4.74 Å². The van der Waals surface area contributed by atoms with Gasteiger partial charge in [-0.1, -0.05) is 41.7 Å². The summed E-state index contributed by atoms with van der Waals surface area (Å²) in [6.45, 7) is 3.21. The number of carbonyl (C=O) groups is 1. The van der Waals surface area contributed by atoms with E-state index >= 15 is 0 Å². The van der Waals surface area contributed by atoms with Crippen molar-refractivity contribution in [1.82, 2.24) is 9.55 Å². The third-order valence-electron chi connectivity index (χ3n) is 4.83. The minimum absolute atomic E-state index is 0.154. The fourth-order valence-electron chi connectivity index (χ4n) is 3.48. The number of ether oxygens (including phenoxy) is 1. The Labute approximate surface area is 181 Å². The molecule has 5 aromatic rings. The van der Waals surface area contributed by atoms with E-state index in [1.165, 1.54) is 11.3 Å². The SMILES string of the molecule is CCOc1ccc2nc(NC(=O)c3cc4sccc4n3Cc3ccccc3)sc2c1. The van der Waals surface area contributed by atoms with Gasteiger partial charge in [-0.2, -0.15) is 0 Å². The summed E-state index contributed by atoms with van der Waals surface area (Å²) in [6, 6.07) is 20.0. The number of carbonyl (C=O) groups excluding carboxylic acids is 1. The number of fused-ring (bicyclic) bond motifs is 2. The molecular formula is C23H19N3O2S2. The number of nitrogens with zero attached hydrogens (tertiary/aromatic N) is 2. The Morgan fingerprint density at radius 1 is 1.10 bits per heavy atom. The summed E-state index contributed by atoms with van der Waals surface area (Å²) in [5, 5.41) is 5.62. The molecule has 3 heterocycles. The lowest BCUT2D eigenvalue weighted by molar-refractivity contribution is 0.101. The molecule has 0 atom stereocenters. The normalized spacial score (nSPS) is 11.2. The summed E-state index contributed by atoms with van der Waals surface area (Å²) in [5.74, 6) is 0.655. The third kappa shape index (κ3) is 3.58. The second kappa shape index (κ2) is 7.93. The van der Waals surface area contributed by atoms with Crippen molar-refractivity contribution in [1.29, 1.82) is 0 Å². The minimum atomic E-state index is -0.154. The molecule has 0 radical (unpaired) electrons. The number of rotatable bonds is 6. The second-order valence-electron chi connectivity index (χ2n) is 6.81. The van der Waals surface area contributed by atoms with Crippen LogP contribution in [0.5, 0.6) is 5.75 Å². The summed E-state index contributed by atoms with van der Waals surface area (Å²) in [5.41, 5.74) is 3.70. The lowest BCUT2D eigenvalue weighted by Crippen LogP contribution is -2.17. The van der Waals surface area contributed by atoms with Crippen molar-refractivity contribution in [3.8, 4) is 5.75 Å².